The largest absolute Gasteiger partial charge is 0.345 e. The fourth-order valence-corrected chi connectivity index (χ4v) is 3.62. The van der Waals surface area contributed by atoms with Crippen molar-refractivity contribution in [3.05, 3.63) is 69.2 Å². The summed E-state index contributed by atoms with van der Waals surface area (Å²) in [5.74, 6) is 0.00102. The highest BCUT2D eigenvalue weighted by molar-refractivity contribution is 9.10. The van der Waals surface area contributed by atoms with E-state index in [2.05, 4.69) is 39.4 Å². The molecule has 0 heterocycles. The third-order valence-electron chi connectivity index (χ3n) is 3.98. The molecule has 0 fully saturated rings. The smallest absolute Gasteiger partial charge is 0.251 e. The predicted molar refractivity (Wildman–Crippen MR) is 88.5 cm³/mol. The maximum Gasteiger partial charge on any atom is 0.251 e. The summed E-state index contributed by atoms with van der Waals surface area (Å²) < 4.78 is 0.941. The van der Waals surface area contributed by atoms with Crippen LogP contribution in [0.1, 0.15) is 45.9 Å². The molecule has 0 saturated carbocycles. The van der Waals surface area contributed by atoms with E-state index in [9.17, 15) is 4.79 Å². The van der Waals surface area contributed by atoms with E-state index in [0.29, 0.717) is 5.56 Å². The molecule has 1 aliphatic rings. The molecular weight excluding hydrogens is 326 g/mol. The molecule has 0 radical (unpaired) electrons. The molecule has 1 aliphatic carbocycles. The van der Waals surface area contributed by atoms with Crippen molar-refractivity contribution in [2.75, 3.05) is 0 Å². The Kier molecular flexibility index (Phi) is 4.11. The fraction of sp³-hybridized carbons (Fsp3) is 0.278. The van der Waals surface area contributed by atoms with E-state index in [1.807, 2.05) is 31.2 Å². The number of benzene rings is 2. The first-order valence-corrected chi connectivity index (χ1v) is 8.08. The van der Waals surface area contributed by atoms with Crippen molar-refractivity contribution in [3.63, 3.8) is 0 Å². The van der Waals surface area contributed by atoms with Crippen molar-refractivity contribution in [1.29, 1.82) is 0 Å². The summed E-state index contributed by atoms with van der Waals surface area (Å²) in [5.41, 5.74) is 4.42. The Morgan fingerprint density at radius 1 is 1.24 bits per heavy atom. The van der Waals surface area contributed by atoms with Crippen LogP contribution >= 0.6 is 15.9 Å². The van der Waals surface area contributed by atoms with Gasteiger partial charge < -0.3 is 5.32 Å². The zero-order chi connectivity index (χ0) is 14.8. The van der Waals surface area contributed by atoms with Crippen LogP contribution in [0.4, 0.5) is 0 Å². The summed E-state index contributed by atoms with van der Waals surface area (Å²) in [5, 5.41) is 3.19. The van der Waals surface area contributed by atoms with Crippen LogP contribution in [0.3, 0.4) is 0 Å². The Labute approximate surface area is 133 Å². The lowest BCUT2D eigenvalue weighted by atomic mass is 9.87. The molecule has 1 atom stereocenters. The fourth-order valence-electron chi connectivity index (χ4n) is 3.01. The molecule has 21 heavy (non-hydrogen) atoms. The molecule has 3 rings (SSSR count). The predicted octanol–water partition coefficient (Wildman–Crippen LogP) is 4.56. The Morgan fingerprint density at radius 2 is 2.05 bits per heavy atom. The van der Waals surface area contributed by atoms with Gasteiger partial charge in [0.05, 0.1) is 6.04 Å². The zero-order valence-corrected chi connectivity index (χ0v) is 13.6. The minimum Gasteiger partial charge on any atom is -0.345 e. The molecule has 3 heteroatoms. The molecule has 1 N–H and O–H groups in total. The summed E-state index contributed by atoms with van der Waals surface area (Å²) in [6.07, 6.45) is 3.24. The average molecular weight is 344 g/mol. The highest BCUT2D eigenvalue weighted by Gasteiger charge is 2.21. The van der Waals surface area contributed by atoms with Crippen LogP contribution in [-0.2, 0) is 6.42 Å². The first-order chi connectivity index (χ1) is 10.1. The highest BCUT2D eigenvalue weighted by Crippen LogP contribution is 2.29. The van der Waals surface area contributed by atoms with Crippen LogP contribution in [0.25, 0.3) is 0 Å². The Morgan fingerprint density at radius 3 is 2.86 bits per heavy atom. The number of amides is 1. The summed E-state index contributed by atoms with van der Waals surface area (Å²) in [6, 6.07) is 14.3. The van der Waals surface area contributed by atoms with Crippen molar-refractivity contribution >= 4 is 21.8 Å². The number of nitrogens with one attached hydrogen (secondary N) is 1. The van der Waals surface area contributed by atoms with Crippen LogP contribution in [0.2, 0.25) is 0 Å². The van der Waals surface area contributed by atoms with Gasteiger partial charge in [-0.25, -0.2) is 0 Å². The second-order valence-electron chi connectivity index (χ2n) is 5.63. The van der Waals surface area contributed by atoms with Gasteiger partial charge >= 0.3 is 0 Å². The Balaban J connectivity index is 1.82. The topological polar surface area (TPSA) is 29.1 Å². The average Bonchev–Trinajstić information content (AvgIpc) is 2.46. The van der Waals surface area contributed by atoms with Gasteiger partial charge in [0, 0.05) is 10.0 Å². The van der Waals surface area contributed by atoms with E-state index in [0.717, 1.165) is 29.3 Å². The van der Waals surface area contributed by atoms with Crippen LogP contribution in [0.5, 0.6) is 0 Å². The van der Waals surface area contributed by atoms with Gasteiger partial charge in [-0.1, -0.05) is 40.2 Å². The third-order valence-corrected chi connectivity index (χ3v) is 4.44. The number of halogens is 1. The molecule has 0 aliphatic heterocycles. The SMILES string of the molecule is Cc1cc(Br)cc(C(=O)NC2CCCc3ccccc32)c1. The van der Waals surface area contributed by atoms with Gasteiger partial charge in [-0.3, -0.25) is 4.79 Å². The van der Waals surface area contributed by atoms with Gasteiger partial charge in [0.2, 0.25) is 0 Å². The van der Waals surface area contributed by atoms with E-state index in [-0.39, 0.29) is 11.9 Å². The second kappa shape index (κ2) is 6.02. The minimum absolute atomic E-state index is 0.00102. The van der Waals surface area contributed by atoms with Gasteiger partial charge in [0.25, 0.3) is 5.91 Å². The maximum absolute atomic E-state index is 12.5. The molecule has 2 aromatic carbocycles. The molecule has 0 saturated heterocycles. The molecule has 2 nitrogen and oxygen atoms in total. The summed E-state index contributed by atoms with van der Waals surface area (Å²) in [4.78, 5) is 12.5. The van der Waals surface area contributed by atoms with Gasteiger partial charge in [-0.15, -0.1) is 0 Å². The number of carbonyl (C=O) groups is 1. The summed E-state index contributed by atoms with van der Waals surface area (Å²) in [7, 11) is 0. The van der Waals surface area contributed by atoms with Crippen LogP contribution < -0.4 is 5.32 Å². The molecule has 1 amide bonds. The first kappa shape index (κ1) is 14.3. The second-order valence-corrected chi connectivity index (χ2v) is 6.55. The van der Waals surface area contributed by atoms with E-state index in [1.165, 1.54) is 11.1 Å². The van der Waals surface area contributed by atoms with Gasteiger partial charge in [0.1, 0.15) is 0 Å². The molecule has 0 aromatic heterocycles. The summed E-state index contributed by atoms with van der Waals surface area (Å²) >= 11 is 3.45. The lowest BCUT2D eigenvalue weighted by molar-refractivity contribution is 0.0932. The molecule has 1 unspecified atom stereocenters. The quantitative estimate of drug-likeness (QED) is 0.850. The van der Waals surface area contributed by atoms with E-state index >= 15 is 0 Å². The van der Waals surface area contributed by atoms with Crippen molar-refractivity contribution in [1.82, 2.24) is 5.32 Å². The van der Waals surface area contributed by atoms with Gasteiger partial charge in [0.15, 0.2) is 0 Å². The van der Waals surface area contributed by atoms with Crippen molar-refractivity contribution in [2.24, 2.45) is 0 Å². The Hall–Kier alpha value is -1.61. The van der Waals surface area contributed by atoms with Crippen LogP contribution in [0, 0.1) is 6.92 Å². The van der Waals surface area contributed by atoms with E-state index in [4.69, 9.17) is 0 Å². The van der Waals surface area contributed by atoms with E-state index < -0.39 is 0 Å². The third kappa shape index (κ3) is 3.18. The van der Waals surface area contributed by atoms with Crippen molar-refractivity contribution < 1.29 is 4.79 Å². The lowest BCUT2D eigenvalue weighted by Gasteiger charge is -2.26. The molecular formula is C18H18BrNO. The summed E-state index contributed by atoms with van der Waals surface area (Å²) in [6.45, 7) is 2.00. The number of carbonyl (C=O) groups excluding carboxylic acids is 1. The van der Waals surface area contributed by atoms with Gasteiger partial charge in [-0.2, -0.15) is 0 Å². The monoisotopic (exact) mass is 343 g/mol. The van der Waals surface area contributed by atoms with Crippen molar-refractivity contribution in [3.8, 4) is 0 Å². The standard InChI is InChI=1S/C18H18BrNO/c1-12-9-14(11-15(19)10-12)18(21)20-17-8-4-6-13-5-2-3-7-16(13)17/h2-3,5,7,9-11,17H,4,6,8H2,1H3,(H,20,21). The first-order valence-electron chi connectivity index (χ1n) is 7.29. The van der Waals surface area contributed by atoms with Crippen molar-refractivity contribution in [2.45, 2.75) is 32.2 Å². The molecule has 108 valence electrons. The minimum atomic E-state index is 0.00102. The number of hydrogen-bond acceptors (Lipinski definition) is 1. The van der Waals surface area contributed by atoms with Gasteiger partial charge in [-0.05, 0) is 61.1 Å². The number of hydrogen-bond donors (Lipinski definition) is 1. The molecule has 2 aromatic rings. The van der Waals surface area contributed by atoms with Crippen LogP contribution in [-0.4, -0.2) is 5.91 Å². The number of rotatable bonds is 2. The maximum atomic E-state index is 12.5. The normalized spacial score (nSPS) is 17.1. The molecule has 0 spiro atoms. The molecule has 0 bridgehead atoms. The zero-order valence-electron chi connectivity index (χ0n) is 12.0. The lowest BCUT2D eigenvalue weighted by Crippen LogP contribution is -2.31. The Bertz CT molecular complexity index is 660. The highest BCUT2D eigenvalue weighted by atomic mass is 79.9. The van der Waals surface area contributed by atoms with Crippen LogP contribution in [0.15, 0.2) is 46.9 Å². The number of aryl methyl sites for hydroxylation is 2. The number of fused-ring (bicyclic) bond motifs is 1. The van der Waals surface area contributed by atoms with E-state index in [1.54, 1.807) is 0 Å².